The van der Waals surface area contributed by atoms with Gasteiger partial charge in [-0.1, -0.05) is 0 Å². The quantitative estimate of drug-likeness (QED) is 0.735. The molecule has 1 rings (SSSR count). The SMILES string of the molecule is Cc1cc(CC#N)nn1CC(F)(F)F. The molecule has 14 heavy (non-hydrogen) atoms. The molecule has 0 amide bonds. The zero-order chi connectivity index (χ0) is 10.8. The highest BCUT2D eigenvalue weighted by molar-refractivity contribution is 5.12. The van der Waals surface area contributed by atoms with E-state index in [4.69, 9.17) is 5.26 Å². The molecule has 0 aliphatic rings. The molecule has 1 aromatic heterocycles. The van der Waals surface area contributed by atoms with Crippen LogP contribution < -0.4 is 0 Å². The predicted molar refractivity (Wildman–Crippen MR) is 42.3 cm³/mol. The summed E-state index contributed by atoms with van der Waals surface area (Å²) >= 11 is 0. The van der Waals surface area contributed by atoms with Gasteiger partial charge in [0.25, 0.3) is 0 Å². The van der Waals surface area contributed by atoms with E-state index in [1.54, 1.807) is 0 Å². The van der Waals surface area contributed by atoms with Gasteiger partial charge in [-0.25, -0.2) is 0 Å². The lowest BCUT2D eigenvalue weighted by molar-refractivity contribution is -0.142. The molecule has 0 saturated carbocycles. The van der Waals surface area contributed by atoms with Gasteiger partial charge in [0.2, 0.25) is 0 Å². The Balaban J connectivity index is 2.84. The van der Waals surface area contributed by atoms with Crippen LogP contribution >= 0.6 is 0 Å². The van der Waals surface area contributed by atoms with Crippen LogP contribution in [0.5, 0.6) is 0 Å². The van der Waals surface area contributed by atoms with Crippen LogP contribution in [-0.2, 0) is 13.0 Å². The van der Waals surface area contributed by atoms with E-state index in [0.29, 0.717) is 11.4 Å². The molecule has 0 aliphatic heterocycles. The van der Waals surface area contributed by atoms with Crippen molar-refractivity contribution in [2.75, 3.05) is 0 Å². The molecule has 0 spiro atoms. The van der Waals surface area contributed by atoms with Crippen LogP contribution in [0.1, 0.15) is 11.4 Å². The summed E-state index contributed by atoms with van der Waals surface area (Å²) < 4.78 is 36.8. The zero-order valence-corrected chi connectivity index (χ0v) is 7.47. The van der Waals surface area contributed by atoms with Gasteiger partial charge >= 0.3 is 6.18 Å². The molecular weight excluding hydrogens is 195 g/mol. The molecule has 0 unspecified atom stereocenters. The van der Waals surface area contributed by atoms with Crippen LogP contribution in [0.4, 0.5) is 13.2 Å². The van der Waals surface area contributed by atoms with E-state index in [1.165, 1.54) is 13.0 Å². The third-order valence-corrected chi connectivity index (χ3v) is 1.62. The number of nitriles is 1. The summed E-state index contributed by atoms with van der Waals surface area (Å²) in [6.07, 6.45) is -4.24. The second-order valence-electron chi connectivity index (χ2n) is 2.88. The van der Waals surface area contributed by atoms with Gasteiger partial charge in [0, 0.05) is 5.69 Å². The standard InChI is InChI=1S/C8H8F3N3/c1-6-4-7(2-3-12)13-14(6)5-8(9,10)11/h4H,2,5H2,1H3. The number of nitrogens with zero attached hydrogens (tertiary/aromatic N) is 3. The minimum Gasteiger partial charge on any atom is -0.260 e. The van der Waals surface area contributed by atoms with E-state index >= 15 is 0 Å². The van der Waals surface area contributed by atoms with Crippen molar-refractivity contribution in [2.24, 2.45) is 0 Å². The second-order valence-corrected chi connectivity index (χ2v) is 2.88. The van der Waals surface area contributed by atoms with Crippen molar-refractivity contribution in [1.29, 1.82) is 5.26 Å². The van der Waals surface area contributed by atoms with Gasteiger partial charge < -0.3 is 0 Å². The molecule has 0 radical (unpaired) electrons. The smallest absolute Gasteiger partial charge is 0.260 e. The highest BCUT2D eigenvalue weighted by Crippen LogP contribution is 2.18. The van der Waals surface area contributed by atoms with E-state index in [-0.39, 0.29) is 6.42 Å². The van der Waals surface area contributed by atoms with E-state index in [1.807, 2.05) is 6.07 Å². The third-order valence-electron chi connectivity index (χ3n) is 1.62. The topological polar surface area (TPSA) is 41.6 Å². The number of aromatic nitrogens is 2. The first-order valence-corrected chi connectivity index (χ1v) is 3.89. The lowest BCUT2D eigenvalue weighted by atomic mass is 10.3. The van der Waals surface area contributed by atoms with E-state index in [0.717, 1.165) is 4.68 Å². The molecule has 1 heterocycles. The van der Waals surface area contributed by atoms with Crippen LogP contribution in [0, 0.1) is 18.3 Å². The maximum Gasteiger partial charge on any atom is 0.408 e. The fourth-order valence-corrected chi connectivity index (χ4v) is 1.08. The second kappa shape index (κ2) is 3.70. The Hall–Kier alpha value is -1.51. The first kappa shape index (κ1) is 10.6. The molecule has 0 atom stereocenters. The fourth-order valence-electron chi connectivity index (χ4n) is 1.08. The zero-order valence-electron chi connectivity index (χ0n) is 7.47. The Morgan fingerprint density at radius 2 is 2.21 bits per heavy atom. The molecule has 1 aromatic rings. The van der Waals surface area contributed by atoms with Gasteiger partial charge in [-0.05, 0) is 13.0 Å². The van der Waals surface area contributed by atoms with Crippen molar-refractivity contribution in [2.45, 2.75) is 26.1 Å². The van der Waals surface area contributed by atoms with Gasteiger partial charge in [-0.15, -0.1) is 0 Å². The van der Waals surface area contributed by atoms with Crippen LogP contribution in [0.3, 0.4) is 0 Å². The lowest BCUT2D eigenvalue weighted by Gasteiger charge is -2.07. The Kier molecular flexibility index (Phi) is 2.79. The van der Waals surface area contributed by atoms with Gasteiger partial charge in [0.15, 0.2) is 0 Å². The Bertz CT molecular complexity index is 359. The van der Waals surface area contributed by atoms with Crippen LogP contribution in [0.25, 0.3) is 0 Å². The summed E-state index contributed by atoms with van der Waals surface area (Å²) in [7, 11) is 0. The molecule has 3 nitrogen and oxygen atoms in total. The summed E-state index contributed by atoms with van der Waals surface area (Å²) in [6.45, 7) is 0.421. The molecular formula is C8H8F3N3. The van der Waals surface area contributed by atoms with E-state index in [2.05, 4.69) is 5.10 Å². The number of hydrogen-bond donors (Lipinski definition) is 0. The number of alkyl halides is 3. The number of rotatable bonds is 2. The molecule has 76 valence electrons. The van der Waals surface area contributed by atoms with Crippen LogP contribution in [0.2, 0.25) is 0 Å². The van der Waals surface area contributed by atoms with Crippen molar-refractivity contribution in [3.05, 3.63) is 17.5 Å². The van der Waals surface area contributed by atoms with Crippen molar-refractivity contribution >= 4 is 0 Å². The fraction of sp³-hybridized carbons (Fsp3) is 0.500. The van der Waals surface area contributed by atoms with Gasteiger partial charge in [0.05, 0.1) is 18.2 Å². The molecule has 0 saturated heterocycles. The highest BCUT2D eigenvalue weighted by Gasteiger charge is 2.29. The Labute approximate surface area is 78.8 Å². The first-order valence-electron chi connectivity index (χ1n) is 3.89. The molecule has 0 aliphatic carbocycles. The number of hydrogen-bond acceptors (Lipinski definition) is 2. The molecule has 0 N–H and O–H groups in total. The van der Waals surface area contributed by atoms with E-state index < -0.39 is 12.7 Å². The predicted octanol–water partition coefficient (Wildman–Crippen LogP) is 1.82. The maximum absolute atomic E-state index is 12.0. The summed E-state index contributed by atoms with van der Waals surface area (Å²) in [6, 6.07) is 3.31. The summed E-state index contributed by atoms with van der Waals surface area (Å²) in [5.74, 6) is 0. The van der Waals surface area contributed by atoms with Gasteiger partial charge in [-0.3, -0.25) is 4.68 Å². The highest BCUT2D eigenvalue weighted by atomic mass is 19.4. The van der Waals surface area contributed by atoms with E-state index in [9.17, 15) is 13.2 Å². The van der Waals surface area contributed by atoms with Crippen molar-refractivity contribution in [3.63, 3.8) is 0 Å². The summed E-state index contributed by atoms with van der Waals surface area (Å²) in [5, 5.41) is 12.0. The normalized spacial score (nSPS) is 11.4. The maximum atomic E-state index is 12.0. The Morgan fingerprint density at radius 3 is 2.71 bits per heavy atom. The lowest BCUT2D eigenvalue weighted by Crippen LogP contribution is -2.19. The van der Waals surface area contributed by atoms with Crippen molar-refractivity contribution < 1.29 is 13.2 Å². The average molecular weight is 203 g/mol. The third kappa shape index (κ3) is 2.76. The molecule has 0 aromatic carbocycles. The van der Waals surface area contributed by atoms with Crippen LogP contribution in [0.15, 0.2) is 6.07 Å². The molecule has 6 heteroatoms. The summed E-state index contributed by atoms with van der Waals surface area (Å²) in [4.78, 5) is 0. The largest absolute Gasteiger partial charge is 0.408 e. The summed E-state index contributed by atoms with van der Waals surface area (Å²) in [5.41, 5.74) is 0.779. The molecule has 0 fully saturated rings. The number of halogens is 3. The monoisotopic (exact) mass is 203 g/mol. The minimum atomic E-state index is -4.28. The average Bonchev–Trinajstić information content (AvgIpc) is 2.29. The van der Waals surface area contributed by atoms with Crippen molar-refractivity contribution in [1.82, 2.24) is 9.78 Å². The Morgan fingerprint density at radius 1 is 1.57 bits per heavy atom. The van der Waals surface area contributed by atoms with Gasteiger partial charge in [-0.2, -0.15) is 23.5 Å². The number of aryl methyl sites for hydroxylation is 1. The molecule has 0 bridgehead atoms. The first-order chi connectivity index (χ1) is 6.42. The van der Waals surface area contributed by atoms with Crippen molar-refractivity contribution in [3.8, 4) is 6.07 Å². The minimum absolute atomic E-state index is 0.0334. The van der Waals surface area contributed by atoms with Gasteiger partial charge in [0.1, 0.15) is 6.54 Å². The van der Waals surface area contributed by atoms with Crippen LogP contribution in [-0.4, -0.2) is 16.0 Å².